The van der Waals surface area contributed by atoms with Gasteiger partial charge in [-0.1, -0.05) is 32.6 Å². The van der Waals surface area contributed by atoms with Crippen molar-refractivity contribution >= 4 is 5.97 Å². The molecule has 1 saturated carbocycles. The molecule has 0 heterocycles. The Labute approximate surface area is 99.1 Å². The summed E-state index contributed by atoms with van der Waals surface area (Å²) in [7, 11) is 0. The van der Waals surface area contributed by atoms with E-state index in [1.54, 1.807) is 0 Å². The second-order valence-corrected chi connectivity index (χ2v) is 4.51. The highest BCUT2D eigenvalue weighted by atomic mass is 16.5. The van der Waals surface area contributed by atoms with E-state index in [4.69, 9.17) is 4.74 Å². The number of ether oxygens (including phenoxy) is 1. The molecule has 1 fully saturated rings. The maximum atomic E-state index is 11.5. The molecule has 3 heteroatoms. The lowest BCUT2D eigenvalue weighted by Crippen LogP contribution is -2.39. The van der Waals surface area contributed by atoms with Crippen LogP contribution in [0, 0.1) is 0 Å². The van der Waals surface area contributed by atoms with Crippen LogP contribution < -0.4 is 0 Å². The Bertz CT molecular complexity index is 198. The van der Waals surface area contributed by atoms with Crippen LogP contribution in [0.3, 0.4) is 0 Å². The second-order valence-electron chi connectivity index (χ2n) is 4.51. The van der Waals surface area contributed by atoms with E-state index in [2.05, 4.69) is 11.8 Å². The zero-order valence-corrected chi connectivity index (χ0v) is 10.7. The average Bonchev–Trinajstić information content (AvgIpc) is 2.55. The first-order chi connectivity index (χ1) is 7.77. The summed E-state index contributed by atoms with van der Waals surface area (Å²) in [5, 5.41) is 0. The average molecular weight is 227 g/mol. The van der Waals surface area contributed by atoms with E-state index in [1.165, 1.54) is 38.5 Å². The quantitative estimate of drug-likeness (QED) is 0.534. The van der Waals surface area contributed by atoms with Gasteiger partial charge >= 0.3 is 5.97 Å². The van der Waals surface area contributed by atoms with Gasteiger partial charge in [-0.25, -0.2) is 0 Å². The molecule has 1 aliphatic rings. The predicted molar refractivity (Wildman–Crippen MR) is 65.4 cm³/mol. The zero-order chi connectivity index (χ0) is 11.8. The molecule has 1 aliphatic carbocycles. The van der Waals surface area contributed by atoms with Gasteiger partial charge in [0.25, 0.3) is 0 Å². The second kappa shape index (κ2) is 7.66. The molecule has 3 nitrogen and oxygen atoms in total. The maximum Gasteiger partial charge on any atom is 0.320 e. The molecule has 0 spiro atoms. The van der Waals surface area contributed by atoms with Crippen molar-refractivity contribution in [3.8, 4) is 0 Å². The summed E-state index contributed by atoms with van der Waals surface area (Å²) in [5.74, 6) is -0.0754. The Morgan fingerprint density at radius 3 is 2.31 bits per heavy atom. The molecule has 0 saturated heterocycles. The topological polar surface area (TPSA) is 29.5 Å². The van der Waals surface area contributed by atoms with Crippen molar-refractivity contribution in [3.05, 3.63) is 0 Å². The Hall–Kier alpha value is -0.570. The van der Waals surface area contributed by atoms with Crippen molar-refractivity contribution in [2.75, 3.05) is 19.7 Å². The van der Waals surface area contributed by atoms with Crippen LogP contribution in [0.1, 0.15) is 52.4 Å². The Morgan fingerprint density at radius 2 is 1.81 bits per heavy atom. The summed E-state index contributed by atoms with van der Waals surface area (Å²) in [5.41, 5.74) is 0. The summed E-state index contributed by atoms with van der Waals surface area (Å²) in [6, 6.07) is 0.594. The van der Waals surface area contributed by atoms with Crippen LogP contribution in [0.5, 0.6) is 0 Å². The van der Waals surface area contributed by atoms with Gasteiger partial charge in [-0.3, -0.25) is 9.69 Å². The number of carbonyl (C=O) groups is 1. The molecule has 0 N–H and O–H groups in total. The first-order valence-corrected chi connectivity index (χ1v) is 6.67. The number of nitrogens with zero attached hydrogens (tertiary/aromatic N) is 1. The van der Waals surface area contributed by atoms with Crippen molar-refractivity contribution in [1.29, 1.82) is 0 Å². The molecule has 0 aromatic rings. The van der Waals surface area contributed by atoms with Crippen LogP contribution in [0.4, 0.5) is 0 Å². The van der Waals surface area contributed by atoms with Crippen LogP contribution in [0.15, 0.2) is 0 Å². The monoisotopic (exact) mass is 227 g/mol. The number of esters is 1. The van der Waals surface area contributed by atoms with E-state index >= 15 is 0 Å². The third-order valence-corrected chi connectivity index (χ3v) is 3.38. The first kappa shape index (κ1) is 13.5. The first-order valence-electron chi connectivity index (χ1n) is 6.67. The van der Waals surface area contributed by atoms with E-state index in [-0.39, 0.29) is 5.97 Å². The summed E-state index contributed by atoms with van der Waals surface area (Å²) >= 11 is 0. The minimum Gasteiger partial charge on any atom is -0.465 e. The Balaban J connectivity index is 2.41. The molecule has 94 valence electrons. The molecule has 0 atom stereocenters. The molecule has 0 bridgehead atoms. The lowest BCUT2D eigenvalue weighted by molar-refractivity contribution is -0.145. The van der Waals surface area contributed by atoms with Gasteiger partial charge in [-0.15, -0.1) is 0 Å². The standard InChI is InChI=1S/C13H25NO2/c1-3-14(11-13(15)16-4-2)12-9-7-5-6-8-10-12/h12H,3-11H2,1-2H3. The molecule has 0 aromatic heterocycles. The summed E-state index contributed by atoms with van der Waals surface area (Å²) in [6.07, 6.45) is 7.81. The number of hydrogen-bond donors (Lipinski definition) is 0. The lowest BCUT2D eigenvalue weighted by Gasteiger charge is -2.28. The number of likely N-dealkylation sites (N-methyl/N-ethyl adjacent to an activating group) is 1. The Morgan fingerprint density at radius 1 is 1.19 bits per heavy atom. The van der Waals surface area contributed by atoms with E-state index in [9.17, 15) is 4.79 Å². The molecule has 0 amide bonds. The summed E-state index contributed by atoms with van der Waals surface area (Å²) in [6.45, 7) is 5.89. The van der Waals surface area contributed by atoms with Crippen LogP contribution in [0.25, 0.3) is 0 Å². The van der Waals surface area contributed by atoms with Gasteiger partial charge in [0.1, 0.15) is 0 Å². The molecule has 0 aliphatic heterocycles. The molecular weight excluding hydrogens is 202 g/mol. The maximum absolute atomic E-state index is 11.5. The Kier molecular flexibility index (Phi) is 6.46. The third-order valence-electron chi connectivity index (χ3n) is 3.38. The molecule has 0 aromatic carbocycles. The van der Waals surface area contributed by atoms with Gasteiger partial charge in [0.05, 0.1) is 13.2 Å². The largest absolute Gasteiger partial charge is 0.465 e. The van der Waals surface area contributed by atoms with Crippen LogP contribution in [-0.2, 0) is 9.53 Å². The van der Waals surface area contributed by atoms with E-state index in [0.717, 1.165) is 6.54 Å². The highest BCUT2D eigenvalue weighted by Gasteiger charge is 2.21. The van der Waals surface area contributed by atoms with Crippen molar-refractivity contribution in [2.45, 2.75) is 58.4 Å². The number of rotatable bonds is 5. The SMILES string of the molecule is CCOC(=O)CN(CC)C1CCCCCC1. The van der Waals surface area contributed by atoms with Gasteiger partial charge in [0.15, 0.2) is 0 Å². The van der Waals surface area contributed by atoms with Gasteiger partial charge < -0.3 is 4.74 Å². The minimum absolute atomic E-state index is 0.0754. The molecule has 1 rings (SSSR count). The van der Waals surface area contributed by atoms with Gasteiger partial charge in [0.2, 0.25) is 0 Å². The third kappa shape index (κ3) is 4.52. The van der Waals surface area contributed by atoms with E-state index in [1.807, 2.05) is 6.92 Å². The van der Waals surface area contributed by atoms with Crippen molar-refractivity contribution in [2.24, 2.45) is 0 Å². The van der Waals surface area contributed by atoms with E-state index in [0.29, 0.717) is 19.2 Å². The number of hydrogen-bond acceptors (Lipinski definition) is 3. The van der Waals surface area contributed by atoms with Crippen LogP contribution >= 0.6 is 0 Å². The fourth-order valence-electron chi connectivity index (χ4n) is 2.49. The fraction of sp³-hybridized carbons (Fsp3) is 0.923. The highest BCUT2D eigenvalue weighted by molar-refractivity contribution is 5.71. The minimum atomic E-state index is -0.0754. The van der Waals surface area contributed by atoms with Gasteiger partial charge in [-0.05, 0) is 26.3 Å². The fourth-order valence-corrected chi connectivity index (χ4v) is 2.49. The summed E-state index contributed by atoms with van der Waals surface area (Å²) < 4.78 is 5.02. The molecule has 0 unspecified atom stereocenters. The molecule has 0 radical (unpaired) electrons. The smallest absolute Gasteiger partial charge is 0.320 e. The van der Waals surface area contributed by atoms with Crippen LogP contribution in [-0.4, -0.2) is 36.6 Å². The summed E-state index contributed by atoms with van der Waals surface area (Å²) in [4.78, 5) is 13.8. The van der Waals surface area contributed by atoms with Crippen LogP contribution in [0.2, 0.25) is 0 Å². The molecular formula is C13H25NO2. The van der Waals surface area contributed by atoms with E-state index < -0.39 is 0 Å². The molecule has 16 heavy (non-hydrogen) atoms. The van der Waals surface area contributed by atoms with Crippen molar-refractivity contribution < 1.29 is 9.53 Å². The lowest BCUT2D eigenvalue weighted by atomic mass is 10.1. The van der Waals surface area contributed by atoms with Crippen molar-refractivity contribution in [1.82, 2.24) is 4.90 Å². The highest BCUT2D eigenvalue weighted by Crippen LogP contribution is 2.21. The predicted octanol–water partition coefficient (Wildman–Crippen LogP) is 2.59. The zero-order valence-electron chi connectivity index (χ0n) is 10.7. The number of carbonyl (C=O) groups excluding carboxylic acids is 1. The normalized spacial score (nSPS) is 18.4. The van der Waals surface area contributed by atoms with Gasteiger partial charge in [0, 0.05) is 6.04 Å². The van der Waals surface area contributed by atoms with Gasteiger partial charge in [-0.2, -0.15) is 0 Å². The van der Waals surface area contributed by atoms with Crippen molar-refractivity contribution in [3.63, 3.8) is 0 Å².